The number of nitrogens with one attached hydrogen (secondary N) is 1. The Morgan fingerprint density at radius 2 is 2.14 bits per heavy atom. The Kier molecular flexibility index (Phi) is 6.40. The van der Waals surface area contributed by atoms with Gasteiger partial charge in [0.15, 0.2) is 0 Å². The molecule has 0 radical (unpaired) electrons. The summed E-state index contributed by atoms with van der Waals surface area (Å²) >= 11 is 5.94. The number of aliphatic hydroxyl groups excluding tert-OH is 2. The van der Waals surface area contributed by atoms with Gasteiger partial charge in [0.2, 0.25) is 0 Å². The summed E-state index contributed by atoms with van der Waals surface area (Å²) in [5.74, 6) is 0.224. The second-order valence-electron chi connectivity index (χ2n) is 5.86. The van der Waals surface area contributed by atoms with Crippen LogP contribution in [-0.2, 0) is 4.74 Å². The van der Waals surface area contributed by atoms with Crippen LogP contribution in [0.4, 0.5) is 10.6 Å². The molecule has 1 aromatic rings. The SMILES string of the molecule is CC(C)(C)OC(=O)NCCC(O)C(O)c1cnc(N)cc1Cl. The van der Waals surface area contributed by atoms with E-state index in [-0.39, 0.29) is 29.4 Å². The number of aromatic nitrogens is 1. The van der Waals surface area contributed by atoms with Gasteiger partial charge in [-0.25, -0.2) is 9.78 Å². The van der Waals surface area contributed by atoms with E-state index < -0.39 is 23.9 Å². The lowest BCUT2D eigenvalue weighted by atomic mass is 10.0. The van der Waals surface area contributed by atoms with E-state index in [0.29, 0.717) is 0 Å². The van der Waals surface area contributed by atoms with E-state index in [4.69, 9.17) is 22.1 Å². The van der Waals surface area contributed by atoms with Crippen LogP contribution in [0, 0.1) is 0 Å². The molecule has 22 heavy (non-hydrogen) atoms. The number of pyridine rings is 1. The third-order valence-electron chi connectivity index (χ3n) is 2.69. The number of carbonyl (C=O) groups excluding carboxylic acids is 1. The summed E-state index contributed by atoms with van der Waals surface area (Å²) in [4.78, 5) is 15.3. The Morgan fingerprint density at radius 1 is 1.50 bits per heavy atom. The Labute approximate surface area is 134 Å². The molecule has 5 N–H and O–H groups in total. The lowest BCUT2D eigenvalue weighted by molar-refractivity contribution is 0.0122. The van der Waals surface area contributed by atoms with Gasteiger partial charge in [-0.15, -0.1) is 0 Å². The highest BCUT2D eigenvalue weighted by molar-refractivity contribution is 6.31. The second kappa shape index (κ2) is 7.62. The number of nitrogens with zero attached hydrogens (tertiary/aromatic N) is 1. The summed E-state index contributed by atoms with van der Waals surface area (Å²) in [5.41, 5.74) is 5.15. The van der Waals surface area contributed by atoms with Crippen LogP contribution in [0.5, 0.6) is 0 Å². The first-order valence-electron chi connectivity index (χ1n) is 6.84. The van der Waals surface area contributed by atoms with E-state index in [9.17, 15) is 15.0 Å². The van der Waals surface area contributed by atoms with Gasteiger partial charge in [0, 0.05) is 18.3 Å². The highest BCUT2D eigenvalue weighted by Crippen LogP contribution is 2.26. The smallest absolute Gasteiger partial charge is 0.407 e. The minimum Gasteiger partial charge on any atom is -0.444 e. The first-order chi connectivity index (χ1) is 10.1. The molecule has 1 aromatic heterocycles. The number of rotatable bonds is 5. The molecule has 1 heterocycles. The van der Waals surface area contributed by atoms with Gasteiger partial charge in [0.1, 0.15) is 17.5 Å². The molecule has 0 aliphatic heterocycles. The summed E-state index contributed by atoms with van der Waals surface area (Å²) in [6, 6.07) is 1.39. The number of carbonyl (C=O) groups is 1. The fourth-order valence-electron chi connectivity index (χ4n) is 1.68. The number of amides is 1. The average molecular weight is 332 g/mol. The van der Waals surface area contributed by atoms with Gasteiger partial charge in [-0.2, -0.15) is 0 Å². The number of anilines is 1. The van der Waals surface area contributed by atoms with Crippen LogP contribution < -0.4 is 11.1 Å². The van der Waals surface area contributed by atoms with Crippen molar-refractivity contribution in [2.45, 2.75) is 45.0 Å². The van der Waals surface area contributed by atoms with Crippen molar-refractivity contribution in [1.82, 2.24) is 10.3 Å². The quantitative estimate of drug-likeness (QED) is 0.651. The molecular formula is C14H22ClN3O4. The number of nitrogens with two attached hydrogens (primary N) is 1. The zero-order valence-corrected chi connectivity index (χ0v) is 13.6. The van der Waals surface area contributed by atoms with Gasteiger partial charge in [0.25, 0.3) is 0 Å². The van der Waals surface area contributed by atoms with Crippen molar-refractivity contribution in [2.24, 2.45) is 0 Å². The van der Waals surface area contributed by atoms with E-state index in [1.165, 1.54) is 12.3 Å². The maximum absolute atomic E-state index is 11.4. The van der Waals surface area contributed by atoms with Gasteiger partial charge in [0.05, 0.1) is 11.1 Å². The van der Waals surface area contributed by atoms with Gasteiger partial charge >= 0.3 is 6.09 Å². The van der Waals surface area contributed by atoms with Crippen molar-refractivity contribution in [3.8, 4) is 0 Å². The van der Waals surface area contributed by atoms with Crippen molar-refractivity contribution in [3.05, 3.63) is 22.8 Å². The number of hydrogen-bond donors (Lipinski definition) is 4. The summed E-state index contributed by atoms with van der Waals surface area (Å²) in [6.07, 6.45) is -1.48. The summed E-state index contributed by atoms with van der Waals surface area (Å²) in [5, 5.41) is 22.7. The monoisotopic (exact) mass is 331 g/mol. The van der Waals surface area contributed by atoms with Crippen LogP contribution in [0.25, 0.3) is 0 Å². The molecule has 0 fully saturated rings. The van der Waals surface area contributed by atoms with Crippen LogP contribution in [-0.4, -0.2) is 39.5 Å². The predicted octanol–water partition coefficient (Wildman–Crippen LogP) is 1.63. The van der Waals surface area contributed by atoms with E-state index >= 15 is 0 Å². The lowest BCUT2D eigenvalue weighted by Gasteiger charge is -2.21. The first-order valence-corrected chi connectivity index (χ1v) is 7.22. The topological polar surface area (TPSA) is 118 Å². The number of nitrogen functional groups attached to an aromatic ring is 1. The van der Waals surface area contributed by atoms with Crippen molar-refractivity contribution in [2.75, 3.05) is 12.3 Å². The summed E-state index contributed by atoms with van der Waals surface area (Å²) in [7, 11) is 0. The maximum atomic E-state index is 11.4. The Bertz CT molecular complexity index is 519. The standard InChI is InChI=1S/C14H22ClN3O4/c1-14(2,3)22-13(21)17-5-4-10(19)12(20)8-7-18-11(16)6-9(8)15/h6-7,10,12,19-20H,4-5H2,1-3H3,(H2,16,18)(H,17,21). The zero-order valence-electron chi connectivity index (χ0n) is 12.8. The Balaban J connectivity index is 2.48. The number of ether oxygens (including phenoxy) is 1. The van der Waals surface area contributed by atoms with Crippen molar-refractivity contribution in [1.29, 1.82) is 0 Å². The van der Waals surface area contributed by atoms with Gasteiger partial charge in [-0.05, 0) is 33.3 Å². The highest BCUT2D eigenvalue weighted by atomic mass is 35.5. The fraction of sp³-hybridized carbons (Fsp3) is 0.571. The van der Waals surface area contributed by atoms with Crippen molar-refractivity contribution < 1.29 is 19.7 Å². The predicted molar refractivity (Wildman–Crippen MR) is 83.5 cm³/mol. The molecule has 0 spiro atoms. The third kappa shape index (κ3) is 6.05. The molecule has 0 bridgehead atoms. The van der Waals surface area contributed by atoms with Gasteiger partial charge in [-0.1, -0.05) is 11.6 Å². The molecule has 0 aromatic carbocycles. The third-order valence-corrected chi connectivity index (χ3v) is 3.02. The van der Waals surface area contributed by atoms with E-state index in [1.54, 1.807) is 20.8 Å². The first kappa shape index (κ1) is 18.5. The van der Waals surface area contributed by atoms with Gasteiger partial charge < -0.3 is 26.0 Å². The molecule has 2 atom stereocenters. The zero-order chi connectivity index (χ0) is 16.9. The van der Waals surface area contributed by atoms with E-state index in [2.05, 4.69) is 10.3 Å². The molecule has 7 nitrogen and oxygen atoms in total. The molecule has 1 rings (SSSR count). The highest BCUT2D eigenvalue weighted by Gasteiger charge is 2.22. The fourth-order valence-corrected chi connectivity index (χ4v) is 1.95. The van der Waals surface area contributed by atoms with Crippen LogP contribution in [0.2, 0.25) is 5.02 Å². The molecule has 8 heteroatoms. The van der Waals surface area contributed by atoms with Crippen LogP contribution >= 0.6 is 11.6 Å². The molecule has 1 amide bonds. The van der Waals surface area contributed by atoms with Crippen LogP contribution in [0.1, 0.15) is 38.9 Å². The van der Waals surface area contributed by atoms with Crippen LogP contribution in [0.15, 0.2) is 12.3 Å². The summed E-state index contributed by atoms with van der Waals surface area (Å²) < 4.78 is 5.06. The normalized spacial score (nSPS) is 14.3. The number of alkyl carbamates (subject to hydrolysis) is 1. The Hall–Kier alpha value is -1.57. The molecule has 0 aliphatic rings. The molecular weight excluding hydrogens is 310 g/mol. The molecule has 0 saturated carbocycles. The van der Waals surface area contributed by atoms with Crippen molar-refractivity contribution in [3.63, 3.8) is 0 Å². The lowest BCUT2D eigenvalue weighted by Crippen LogP contribution is -2.34. The van der Waals surface area contributed by atoms with Crippen LogP contribution in [0.3, 0.4) is 0 Å². The maximum Gasteiger partial charge on any atom is 0.407 e. The van der Waals surface area contributed by atoms with Crippen molar-refractivity contribution >= 4 is 23.5 Å². The van der Waals surface area contributed by atoms with Gasteiger partial charge in [-0.3, -0.25) is 0 Å². The van der Waals surface area contributed by atoms with E-state index in [1.807, 2.05) is 0 Å². The number of aliphatic hydroxyl groups is 2. The minimum atomic E-state index is -1.22. The summed E-state index contributed by atoms with van der Waals surface area (Å²) in [6.45, 7) is 5.40. The number of hydrogen-bond acceptors (Lipinski definition) is 6. The average Bonchev–Trinajstić information content (AvgIpc) is 2.35. The molecule has 2 unspecified atom stereocenters. The Morgan fingerprint density at radius 3 is 2.68 bits per heavy atom. The second-order valence-corrected chi connectivity index (χ2v) is 6.27. The molecule has 0 saturated heterocycles. The largest absolute Gasteiger partial charge is 0.444 e. The number of halogens is 1. The minimum absolute atomic E-state index is 0.126. The van der Waals surface area contributed by atoms with E-state index in [0.717, 1.165) is 0 Å². The molecule has 124 valence electrons. The molecule has 0 aliphatic carbocycles.